The fraction of sp³-hybridized carbons (Fsp3) is 0.154. The molecule has 1 aliphatic rings. The summed E-state index contributed by atoms with van der Waals surface area (Å²) in [6.45, 7) is 0.628. The van der Waals surface area contributed by atoms with Crippen molar-refractivity contribution in [1.82, 2.24) is 0 Å². The Morgan fingerprint density at radius 1 is 1.35 bits per heavy atom. The van der Waals surface area contributed by atoms with Gasteiger partial charge in [0, 0.05) is 6.42 Å². The number of primary amides is 1. The first-order valence-corrected chi connectivity index (χ1v) is 6.32. The van der Waals surface area contributed by atoms with Gasteiger partial charge in [-0.1, -0.05) is 0 Å². The number of nitrogens with two attached hydrogens (primary N) is 1. The maximum atomic E-state index is 11.4. The molecule has 17 heavy (non-hydrogen) atoms. The van der Waals surface area contributed by atoms with Crippen molar-refractivity contribution in [2.45, 2.75) is 6.42 Å². The smallest absolute Gasteiger partial charge is 0.252 e. The number of carbonyl (C=O) groups is 1. The molecule has 0 aliphatic carbocycles. The second-order valence-corrected chi connectivity index (χ2v) is 4.77. The molecular weight excluding hydrogens is 234 g/mol. The number of amides is 1. The van der Waals surface area contributed by atoms with Gasteiger partial charge in [-0.05, 0) is 45.6 Å². The fourth-order valence-corrected chi connectivity index (χ4v) is 2.75. The number of benzene rings is 1. The molecule has 0 radical (unpaired) electrons. The maximum Gasteiger partial charge on any atom is 0.252 e. The third-order valence-corrected chi connectivity index (χ3v) is 3.59. The van der Waals surface area contributed by atoms with Crippen molar-refractivity contribution >= 4 is 17.2 Å². The molecule has 0 fully saturated rings. The van der Waals surface area contributed by atoms with Crippen LogP contribution in [0.3, 0.4) is 0 Å². The second kappa shape index (κ2) is 3.89. The zero-order chi connectivity index (χ0) is 11.8. The Balaban J connectivity index is 2.20. The SMILES string of the molecule is NC(=O)c1cc(-c2ccsc2)cc2c1OCC2. The van der Waals surface area contributed by atoms with Gasteiger partial charge in [-0.2, -0.15) is 11.3 Å². The highest BCUT2D eigenvalue weighted by atomic mass is 32.1. The summed E-state index contributed by atoms with van der Waals surface area (Å²) in [5, 5.41) is 4.07. The lowest BCUT2D eigenvalue weighted by Gasteiger charge is -2.07. The van der Waals surface area contributed by atoms with Crippen LogP contribution in [0.2, 0.25) is 0 Å². The van der Waals surface area contributed by atoms with E-state index in [1.165, 1.54) is 0 Å². The van der Waals surface area contributed by atoms with Crippen LogP contribution in [0.15, 0.2) is 29.0 Å². The number of hydrogen-bond acceptors (Lipinski definition) is 3. The van der Waals surface area contributed by atoms with Crippen molar-refractivity contribution in [2.75, 3.05) is 6.61 Å². The van der Waals surface area contributed by atoms with Crippen molar-refractivity contribution in [3.63, 3.8) is 0 Å². The first-order valence-electron chi connectivity index (χ1n) is 5.38. The van der Waals surface area contributed by atoms with E-state index in [9.17, 15) is 4.79 Å². The van der Waals surface area contributed by atoms with Crippen LogP contribution in [0.4, 0.5) is 0 Å². The van der Waals surface area contributed by atoms with Crippen LogP contribution >= 0.6 is 11.3 Å². The normalized spacial score (nSPS) is 13.2. The van der Waals surface area contributed by atoms with Crippen LogP contribution in [0.25, 0.3) is 11.1 Å². The summed E-state index contributed by atoms with van der Waals surface area (Å²) >= 11 is 1.63. The van der Waals surface area contributed by atoms with E-state index in [1.807, 2.05) is 17.5 Å². The van der Waals surface area contributed by atoms with Gasteiger partial charge in [0.1, 0.15) is 5.75 Å². The van der Waals surface area contributed by atoms with Crippen LogP contribution in [0.5, 0.6) is 5.75 Å². The first kappa shape index (κ1) is 10.4. The van der Waals surface area contributed by atoms with E-state index in [0.717, 1.165) is 23.1 Å². The topological polar surface area (TPSA) is 52.3 Å². The van der Waals surface area contributed by atoms with Crippen LogP contribution in [0.1, 0.15) is 15.9 Å². The molecule has 3 nitrogen and oxygen atoms in total. The van der Waals surface area contributed by atoms with Crippen molar-refractivity contribution in [2.24, 2.45) is 5.73 Å². The average molecular weight is 245 g/mol. The van der Waals surface area contributed by atoms with E-state index in [2.05, 4.69) is 11.4 Å². The molecule has 0 unspecified atom stereocenters. The quantitative estimate of drug-likeness (QED) is 0.883. The van der Waals surface area contributed by atoms with Gasteiger partial charge < -0.3 is 10.5 Å². The molecule has 2 heterocycles. The Kier molecular flexibility index (Phi) is 2.37. The minimum absolute atomic E-state index is 0.430. The van der Waals surface area contributed by atoms with E-state index in [-0.39, 0.29) is 0 Å². The molecular formula is C13H11NO2S. The summed E-state index contributed by atoms with van der Waals surface area (Å²) < 4.78 is 5.47. The summed E-state index contributed by atoms with van der Waals surface area (Å²) in [5.41, 5.74) is 9.10. The second-order valence-electron chi connectivity index (χ2n) is 3.99. The lowest BCUT2D eigenvalue weighted by Crippen LogP contribution is -2.12. The molecule has 2 aromatic rings. The lowest BCUT2D eigenvalue weighted by atomic mass is 10.00. The lowest BCUT2D eigenvalue weighted by molar-refractivity contribution is 0.0997. The molecule has 1 aromatic carbocycles. The van der Waals surface area contributed by atoms with Gasteiger partial charge in [-0.3, -0.25) is 4.79 Å². The molecule has 3 rings (SSSR count). The fourth-order valence-electron chi connectivity index (χ4n) is 2.09. The molecule has 1 aromatic heterocycles. The molecule has 2 N–H and O–H groups in total. The molecule has 1 aliphatic heterocycles. The van der Waals surface area contributed by atoms with E-state index < -0.39 is 5.91 Å². The highest BCUT2D eigenvalue weighted by Gasteiger charge is 2.21. The maximum absolute atomic E-state index is 11.4. The minimum atomic E-state index is -0.430. The van der Waals surface area contributed by atoms with Crippen molar-refractivity contribution in [3.8, 4) is 16.9 Å². The number of rotatable bonds is 2. The van der Waals surface area contributed by atoms with Gasteiger partial charge in [-0.25, -0.2) is 0 Å². The zero-order valence-electron chi connectivity index (χ0n) is 9.10. The summed E-state index contributed by atoms with van der Waals surface area (Å²) in [6, 6.07) is 5.93. The van der Waals surface area contributed by atoms with Gasteiger partial charge in [-0.15, -0.1) is 0 Å². The molecule has 4 heteroatoms. The number of thiophene rings is 1. The Labute approximate surface area is 103 Å². The largest absolute Gasteiger partial charge is 0.492 e. The van der Waals surface area contributed by atoms with Crippen LogP contribution in [-0.4, -0.2) is 12.5 Å². The van der Waals surface area contributed by atoms with Gasteiger partial charge in [0.25, 0.3) is 5.91 Å². The van der Waals surface area contributed by atoms with Gasteiger partial charge in [0.15, 0.2) is 0 Å². The number of ether oxygens (including phenoxy) is 1. The third-order valence-electron chi connectivity index (χ3n) is 2.90. The molecule has 0 atom stereocenters. The number of hydrogen-bond donors (Lipinski definition) is 1. The summed E-state index contributed by atoms with van der Waals surface area (Å²) in [6.07, 6.45) is 0.841. The standard InChI is InChI=1S/C13H11NO2S/c14-13(15)11-6-10(9-2-4-17-7-9)5-8-1-3-16-12(8)11/h2,4-7H,1,3H2,(H2,14,15). The Bertz CT molecular complexity index is 575. The van der Waals surface area contributed by atoms with Crippen LogP contribution in [-0.2, 0) is 6.42 Å². The molecule has 0 spiro atoms. The molecule has 1 amide bonds. The number of carbonyl (C=O) groups excluding carboxylic acids is 1. The third kappa shape index (κ3) is 1.70. The predicted octanol–water partition coefficient (Wildman–Crippen LogP) is 2.45. The highest BCUT2D eigenvalue weighted by Crippen LogP contribution is 2.35. The van der Waals surface area contributed by atoms with Gasteiger partial charge >= 0.3 is 0 Å². The van der Waals surface area contributed by atoms with Gasteiger partial charge in [0.2, 0.25) is 0 Å². The summed E-state index contributed by atoms with van der Waals surface area (Å²) in [4.78, 5) is 11.4. The van der Waals surface area contributed by atoms with Crippen LogP contribution in [0, 0.1) is 0 Å². The predicted molar refractivity (Wildman–Crippen MR) is 67.5 cm³/mol. The molecule has 0 bridgehead atoms. The average Bonchev–Trinajstić information content (AvgIpc) is 2.98. The van der Waals surface area contributed by atoms with Crippen molar-refractivity contribution in [3.05, 3.63) is 40.1 Å². The number of fused-ring (bicyclic) bond motifs is 1. The van der Waals surface area contributed by atoms with E-state index in [0.29, 0.717) is 17.9 Å². The van der Waals surface area contributed by atoms with Crippen molar-refractivity contribution < 1.29 is 9.53 Å². The van der Waals surface area contributed by atoms with E-state index in [4.69, 9.17) is 10.5 Å². The molecule has 0 saturated heterocycles. The Hall–Kier alpha value is -1.81. The summed E-state index contributed by atoms with van der Waals surface area (Å²) in [5.74, 6) is 0.233. The monoisotopic (exact) mass is 245 g/mol. The zero-order valence-corrected chi connectivity index (χ0v) is 9.92. The minimum Gasteiger partial charge on any atom is -0.492 e. The van der Waals surface area contributed by atoms with Gasteiger partial charge in [0.05, 0.1) is 12.2 Å². The molecule has 0 saturated carbocycles. The van der Waals surface area contributed by atoms with Crippen molar-refractivity contribution in [1.29, 1.82) is 0 Å². The van der Waals surface area contributed by atoms with Crippen LogP contribution < -0.4 is 10.5 Å². The summed E-state index contributed by atoms with van der Waals surface area (Å²) in [7, 11) is 0. The Morgan fingerprint density at radius 2 is 2.24 bits per heavy atom. The first-order chi connectivity index (χ1) is 8.25. The molecule has 86 valence electrons. The van der Waals surface area contributed by atoms with E-state index >= 15 is 0 Å². The van der Waals surface area contributed by atoms with E-state index in [1.54, 1.807) is 11.3 Å². The Morgan fingerprint density at radius 3 is 2.94 bits per heavy atom. The highest BCUT2D eigenvalue weighted by molar-refractivity contribution is 7.08.